The van der Waals surface area contributed by atoms with Gasteiger partial charge in [-0.05, 0) is 12.1 Å². The van der Waals surface area contributed by atoms with Gasteiger partial charge in [0.2, 0.25) is 0 Å². The molecule has 1 aromatic rings. The summed E-state index contributed by atoms with van der Waals surface area (Å²) in [5.74, 6) is -0.0919. The smallest absolute Gasteiger partial charge is 0.261 e. The zero-order valence-electron chi connectivity index (χ0n) is 11.3. The average Bonchev–Trinajstić information content (AvgIpc) is 2.46. The molecule has 19 heavy (non-hydrogen) atoms. The van der Waals surface area contributed by atoms with Crippen molar-refractivity contribution in [3.8, 4) is 0 Å². The molecule has 1 aromatic heterocycles. The molecule has 0 saturated carbocycles. The summed E-state index contributed by atoms with van der Waals surface area (Å²) < 4.78 is 6.91. The molecule has 0 N–H and O–H groups in total. The van der Waals surface area contributed by atoms with Gasteiger partial charge in [-0.1, -0.05) is 6.92 Å². The number of aromatic nitrogens is 1. The molecular weight excluding hydrogens is 244 g/mol. The Morgan fingerprint density at radius 2 is 2.05 bits per heavy atom. The van der Waals surface area contributed by atoms with E-state index in [9.17, 15) is 9.59 Å². The Balaban J connectivity index is 2.04. The van der Waals surface area contributed by atoms with E-state index in [0.717, 1.165) is 32.8 Å². The third-order valence-electron chi connectivity index (χ3n) is 3.40. The topological polar surface area (TPSA) is 51.5 Å². The van der Waals surface area contributed by atoms with E-state index < -0.39 is 0 Å². The van der Waals surface area contributed by atoms with Gasteiger partial charge in [-0.3, -0.25) is 14.5 Å². The van der Waals surface area contributed by atoms with Crippen LogP contribution in [-0.2, 0) is 11.3 Å². The van der Waals surface area contributed by atoms with Crippen LogP contribution >= 0.6 is 0 Å². The maximum Gasteiger partial charge on any atom is 0.261 e. The van der Waals surface area contributed by atoms with Crippen molar-refractivity contribution in [1.82, 2.24) is 9.47 Å². The summed E-state index contributed by atoms with van der Waals surface area (Å²) in [5.41, 5.74) is 0.120. The number of carbonyl (C=O) groups is 1. The fourth-order valence-electron chi connectivity index (χ4n) is 2.19. The van der Waals surface area contributed by atoms with E-state index in [1.807, 2.05) is 0 Å². The van der Waals surface area contributed by atoms with Crippen LogP contribution in [0.4, 0.5) is 0 Å². The SMILES string of the molecule is CCC(=O)c1cccn(CCN2CCOCC2)c1=O. The zero-order chi connectivity index (χ0) is 13.7. The molecule has 1 aliphatic rings. The fourth-order valence-corrected chi connectivity index (χ4v) is 2.19. The molecule has 0 radical (unpaired) electrons. The Morgan fingerprint density at radius 1 is 1.32 bits per heavy atom. The average molecular weight is 264 g/mol. The maximum atomic E-state index is 12.1. The van der Waals surface area contributed by atoms with E-state index in [-0.39, 0.29) is 11.3 Å². The highest BCUT2D eigenvalue weighted by atomic mass is 16.5. The van der Waals surface area contributed by atoms with Crippen LogP contribution in [0.15, 0.2) is 23.1 Å². The maximum absolute atomic E-state index is 12.1. The van der Waals surface area contributed by atoms with E-state index in [1.165, 1.54) is 0 Å². The highest BCUT2D eigenvalue weighted by molar-refractivity contribution is 5.95. The van der Waals surface area contributed by atoms with Crippen LogP contribution in [0.2, 0.25) is 0 Å². The summed E-state index contributed by atoms with van der Waals surface area (Å²) in [4.78, 5) is 26.1. The lowest BCUT2D eigenvalue weighted by Gasteiger charge is -2.26. The Kier molecular flexibility index (Phi) is 4.87. The van der Waals surface area contributed by atoms with E-state index in [4.69, 9.17) is 4.74 Å². The minimum Gasteiger partial charge on any atom is -0.379 e. The van der Waals surface area contributed by atoms with Crippen LogP contribution in [0.1, 0.15) is 23.7 Å². The second-order valence-corrected chi connectivity index (χ2v) is 4.65. The van der Waals surface area contributed by atoms with Gasteiger partial charge in [-0.15, -0.1) is 0 Å². The van der Waals surface area contributed by atoms with Gasteiger partial charge in [0.15, 0.2) is 5.78 Å². The Bertz CT molecular complexity index is 490. The largest absolute Gasteiger partial charge is 0.379 e. The predicted octanol–water partition coefficient (Wildman–Crippen LogP) is 0.773. The van der Waals surface area contributed by atoms with Crippen molar-refractivity contribution in [2.75, 3.05) is 32.8 Å². The number of pyridine rings is 1. The second-order valence-electron chi connectivity index (χ2n) is 4.65. The number of Topliss-reactive ketones (excluding diaryl/α,β-unsaturated/α-hetero) is 1. The van der Waals surface area contributed by atoms with Gasteiger partial charge in [-0.25, -0.2) is 0 Å². The molecule has 5 nitrogen and oxygen atoms in total. The van der Waals surface area contributed by atoms with Crippen molar-refractivity contribution in [3.63, 3.8) is 0 Å². The summed E-state index contributed by atoms with van der Waals surface area (Å²) in [6.07, 6.45) is 2.11. The van der Waals surface area contributed by atoms with Gasteiger partial charge in [0.05, 0.1) is 18.8 Å². The number of carbonyl (C=O) groups excluding carboxylic acids is 1. The third kappa shape index (κ3) is 3.52. The molecule has 0 amide bonds. The van der Waals surface area contributed by atoms with Crippen LogP contribution in [0.25, 0.3) is 0 Å². The molecule has 2 rings (SSSR count). The highest BCUT2D eigenvalue weighted by Gasteiger charge is 2.12. The van der Waals surface area contributed by atoms with Crippen molar-refractivity contribution >= 4 is 5.78 Å². The van der Waals surface area contributed by atoms with Crippen molar-refractivity contribution in [2.24, 2.45) is 0 Å². The monoisotopic (exact) mass is 264 g/mol. The minimum atomic E-state index is -0.178. The third-order valence-corrected chi connectivity index (χ3v) is 3.40. The first kappa shape index (κ1) is 14.0. The first-order chi connectivity index (χ1) is 9.22. The van der Waals surface area contributed by atoms with Crippen LogP contribution < -0.4 is 5.56 Å². The van der Waals surface area contributed by atoms with Gasteiger partial charge in [0, 0.05) is 38.8 Å². The molecule has 1 aliphatic heterocycles. The van der Waals surface area contributed by atoms with Crippen LogP contribution in [0.5, 0.6) is 0 Å². The van der Waals surface area contributed by atoms with E-state index in [2.05, 4.69) is 4.90 Å². The molecule has 0 aromatic carbocycles. The Labute approximate surface area is 112 Å². The summed E-state index contributed by atoms with van der Waals surface area (Å²) in [6, 6.07) is 3.38. The van der Waals surface area contributed by atoms with Gasteiger partial charge < -0.3 is 9.30 Å². The number of ether oxygens (including phenoxy) is 1. The lowest BCUT2D eigenvalue weighted by molar-refractivity contribution is 0.0363. The summed E-state index contributed by atoms with van der Waals surface area (Å²) in [6.45, 7) is 6.51. The van der Waals surface area contributed by atoms with Crippen molar-refractivity contribution < 1.29 is 9.53 Å². The Morgan fingerprint density at radius 3 is 2.74 bits per heavy atom. The molecule has 1 saturated heterocycles. The van der Waals surface area contributed by atoms with Crippen LogP contribution in [-0.4, -0.2) is 48.1 Å². The van der Waals surface area contributed by atoms with Crippen molar-refractivity contribution in [2.45, 2.75) is 19.9 Å². The second kappa shape index (κ2) is 6.63. The highest BCUT2D eigenvalue weighted by Crippen LogP contribution is 1.99. The van der Waals surface area contributed by atoms with E-state index >= 15 is 0 Å². The first-order valence-electron chi connectivity index (χ1n) is 6.75. The summed E-state index contributed by atoms with van der Waals surface area (Å²) in [7, 11) is 0. The molecule has 5 heteroatoms. The molecule has 0 atom stereocenters. The quantitative estimate of drug-likeness (QED) is 0.737. The zero-order valence-corrected chi connectivity index (χ0v) is 11.3. The molecule has 1 fully saturated rings. The predicted molar refractivity (Wildman–Crippen MR) is 72.6 cm³/mol. The standard InChI is InChI=1S/C14H20N2O3/c1-2-13(17)12-4-3-5-16(14(12)18)7-6-15-8-10-19-11-9-15/h3-5H,2,6-11H2,1H3. The molecule has 104 valence electrons. The van der Waals surface area contributed by atoms with E-state index in [1.54, 1.807) is 29.8 Å². The number of hydrogen-bond acceptors (Lipinski definition) is 4. The molecule has 0 spiro atoms. The van der Waals surface area contributed by atoms with Crippen molar-refractivity contribution in [3.05, 3.63) is 34.2 Å². The minimum absolute atomic E-state index is 0.0919. The lowest BCUT2D eigenvalue weighted by Crippen LogP contribution is -2.39. The van der Waals surface area contributed by atoms with Crippen LogP contribution in [0.3, 0.4) is 0 Å². The lowest BCUT2D eigenvalue weighted by atomic mass is 10.1. The molecule has 2 heterocycles. The molecule has 0 bridgehead atoms. The number of rotatable bonds is 5. The molecule has 0 aliphatic carbocycles. The number of hydrogen-bond donors (Lipinski definition) is 0. The van der Waals surface area contributed by atoms with E-state index in [0.29, 0.717) is 18.5 Å². The van der Waals surface area contributed by atoms with Gasteiger partial charge in [0.1, 0.15) is 0 Å². The molecule has 0 unspecified atom stereocenters. The summed E-state index contributed by atoms with van der Waals surface area (Å²) >= 11 is 0. The number of ketones is 1. The van der Waals surface area contributed by atoms with Gasteiger partial charge in [0.25, 0.3) is 5.56 Å². The normalized spacial score (nSPS) is 16.5. The number of nitrogens with zero attached hydrogens (tertiary/aromatic N) is 2. The summed E-state index contributed by atoms with van der Waals surface area (Å²) in [5, 5.41) is 0. The van der Waals surface area contributed by atoms with Gasteiger partial charge in [-0.2, -0.15) is 0 Å². The first-order valence-corrected chi connectivity index (χ1v) is 6.75. The fraction of sp³-hybridized carbons (Fsp3) is 0.571. The van der Waals surface area contributed by atoms with Crippen LogP contribution in [0, 0.1) is 0 Å². The molecular formula is C14H20N2O3. The number of morpholine rings is 1. The Hall–Kier alpha value is -1.46. The van der Waals surface area contributed by atoms with Gasteiger partial charge >= 0.3 is 0 Å². The van der Waals surface area contributed by atoms with Crippen molar-refractivity contribution in [1.29, 1.82) is 0 Å².